The molecule has 4 heteroatoms. The summed E-state index contributed by atoms with van der Waals surface area (Å²) in [6.07, 6.45) is 3.81. The van der Waals surface area contributed by atoms with Crippen LogP contribution < -0.4 is 0 Å². The average molecular weight is 312 g/mol. The van der Waals surface area contributed by atoms with Crippen LogP contribution in [0.25, 0.3) is 0 Å². The maximum absolute atomic E-state index is 10.7. The van der Waals surface area contributed by atoms with Crippen LogP contribution in [-0.4, -0.2) is 5.11 Å². The fraction of sp³-hybridized carbons (Fsp3) is 0.562. The molecule has 0 bridgehead atoms. The van der Waals surface area contributed by atoms with Gasteiger partial charge in [0.05, 0.1) is 17.6 Å². The van der Waals surface area contributed by atoms with E-state index >= 15 is 0 Å². The van der Waals surface area contributed by atoms with E-state index in [9.17, 15) is 10.4 Å². The number of rotatable bonds is 3. The lowest BCUT2D eigenvalue weighted by Crippen LogP contribution is -2.33. The van der Waals surface area contributed by atoms with E-state index < -0.39 is 11.5 Å². The summed E-state index contributed by atoms with van der Waals surface area (Å²) in [6, 6.07) is 7.42. The van der Waals surface area contributed by atoms with Gasteiger partial charge >= 0.3 is 0 Å². The zero-order chi connectivity index (χ0) is 14.8. The fourth-order valence-electron chi connectivity index (χ4n) is 3.24. The summed E-state index contributed by atoms with van der Waals surface area (Å²) in [5, 5.41) is 21.3. The molecule has 0 amide bonds. The van der Waals surface area contributed by atoms with Gasteiger partial charge in [-0.15, -0.1) is 0 Å². The van der Waals surface area contributed by atoms with E-state index in [0.717, 1.165) is 32.1 Å². The van der Waals surface area contributed by atoms with Crippen molar-refractivity contribution in [1.29, 1.82) is 5.26 Å². The Hall–Kier alpha value is -0.750. The maximum Gasteiger partial charge on any atom is 0.0977 e. The van der Waals surface area contributed by atoms with Crippen molar-refractivity contribution in [1.82, 2.24) is 0 Å². The van der Waals surface area contributed by atoms with Gasteiger partial charge in [-0.05, 0) is 42.5 Å². The molecule has 3 unspecified atom stereocenters. The third-order valence-electron chi connectivity index (χ3n) is 4.41. The molecule has 0 spiro atoms. The van der Waals surface area contributed by atoms with Crippen molar-refractivity contribution in [2.24, 2.45) is 11.3 Å². The Morgan fingerprint density at radius 3 is 2.60 bits per heavy atom. The Bertz CT molecular complexity index is 505. The highest BCUT2D eigenvalue weighted by atomic mass is 35.5. The Labute approximate surface area is 130 Å². The van der Waals surface area contributed by atoms with Crippen LogP contribution in [0.15, 0.2) is 18.2 Å². The minimum atomic E-state index is -0.835. The van der Waals surface area contributed by atoms with Crippen LogP contribution in [0.1, 0.15) is 50.7 Å². The summed E-state index contributed by atoms with van der Waals surface area (Å²) in [5.74, 6) is 0.507. The maximum atomic E-state index is 10.7. The normalized spacial score (nSPS) is 27.9. The second-order valence-corrected chi connectivity index (χ2v) is 6.62. The van der Waals surface area contributed by atoms with Crippen LogP contribution in [-0.2, 0) is 0 Å². The van der Waals surface area contributed by atoms with Gasteiger partial charge < -0.3 is 5.11 Å². The number of hydrogen-bond acceptors (Lipinski definition) is 2. The first kappa shape index (κ1) is 15.6. The second-order valence-electron chi connectivity index (χ2n) is 5.74. The lowest BCUT2D eigenvalue weighted by atomic mass is 9.65. The van der Waals surface area contributed by atoms with Crippen LogP contribution in [0.5, 0.6) is 0 Å². The molecule has 20 heavy (non-hydrogen) atoms. The first-order valence-electron chi connectivity index (χ1n) is 7.06. The van der Waals surface area contributed by atoms with Gasteiger partial charge in [-0.2, -0.15) is 5.26 Å². The second kappa shape index (κ2) is 6.35. The zero-order valence-electron chi connectivity index (χ0n) is 11.6. The third kappa shape index (κ3) is 3.11. The summed E-state index contributed by atoms with van der Waals surface area (Å²) in [7, 11) is 0. The summed E-state index contributed by atoms with van der Waals surface area (Å²) >= 11 is 12.0. The van der Waals surface area contributed by atoms with Crippen molar-refractivity contribution in [2.45, 2.75) is 45.1 Å². The van der Waals surface area contributed by atoms with Crippen molar-refractivity contribution >= 4 is 23.2 Å². The Morgan fingerprint density at radius 2 is 2.05 bits per heavy atom. The molecule has 1 aromatic rings. The van der Waals surface area contributed by atoms with E-state index in [1.165, 1.54) is 0 Å². The fourth-order valence-corrected chi connectivity index (χ4v) is 3.78. The highest BCUT2D eigenvalue weighted by molar-refractivity contribution is 6.34. The van der Waals surface area contributed by atoms with E-state index in [0.29, 0.717) is 21.5 Å². The van der Waals surface area contributed by atoms with Crippen LogP contribution in [0.3, 0.4) is 0 Å². The molecule has 1 aromatic carbocycles. The lowest BCUT2D eigenvalue weighted by molar-refractivity contribution is 0.0185. The first-order chi connectivity index (χ1) is 9.50. The molecule has 2 nitrogen and oxygen atoms in total. The number of aliphatic hydroxyl groups is 1. The van der Waals surface area contributed by atoms with Crippen molar-refractivity contribution in [3.8, 4) is 6.07 Å². The standard InChI is InChI=1S/C16H19Cl2NO/c1-2-11-4-3-5-16(9-11,10-19)15(20)12-6-13(17)8-14(18)7-12/h6-8,11,15,20H,2-5,9H2,1H3. The first-order valence-corrected chi connectivity index (χ1v) is 7.81. The summed E-state index contributed by atoms with van der Waals surface area (Å²) in [4.78, 5) is 0. The predicted molar refractivity (Wildman–Crippen MR) is 81.7 cm³/mol. The topological polar surface area (TPSA) is 44.0 Å². The van der Waals surface area contributed by atoms with E-state index in [4.69, 9.17) is 23.2 Å². The molecule has 108 valence electrons. The predicted octanol–water partition coefficient (Wildman–Crippen LogP) is 5.14. The molecule has 1 aliphatic carbocycles. The number of nitrogens with zero attached hydrogens (tertiary/aromatic N) is 1. The number of halogens is 2. The number of nitriles is 1. The van der Waals surface area contributed by atoms with Gasteiger partial charge in [0.1, 0.15) is 0 Å². The van der Waals surface area contributed by atoms with Crippen molar-refractivity contribution < 1.29 is 5.11 Å². The van der Waals surface area contributed by atoms with Crippen molar-refractivity contribution in [3.63, 3.8) is 0 Å². The zero-order valence-corrected chi connectivity index (χ0v) is 13.1. The van der Waals surface area contributed by atoms with Crippen LogP contribution in [0.2, 0.25) is 10.0 Å². The molecule has 0 radical (unpaired) electrons. The number of hydrogen-bond donors (Lipinski definition) is 1. The molecule has 0 saturated heterocycles. The molecular formula is C16H19Cl2NO. The molecule has 3 atom stereocenters. The van der Waals surface area contributed by atoms with E-state index in [-0.39, 0.29) is 0 Å². The molecule has 1 fully saturated rings. The molecular weight excluding hydrogens is 293 g/mol. The quantitative estimate of drug-likeness (QED) is 0.840. The average Bonchev–Trinajstić information content (AvgIpc) is 2.45. The Balaban J connectivity index is 2.33. The lowest BCUT2D eigenvalue weighted by Gasteiger charge is -2.39. The van der Waals surface area contributed by atoms with Crippen LogP contribution in [0.4, 0.5) is 0 Å². The smallest absolute Gasteiger partial charge is 0.0977 e. The molecule has 1 saturated carbocycles. The summed E-state index contributed by atoms with van der Waals surface area (Å²) in [5.41, 5.74) is -0.0757. The van der Waals surface area contributed by atoms with Gasteiger partial charge in [0.25, 0.3) is 0 Å². The molecule has 0 heterocycles. The number of benzene rings is 1. The monoisotopic (exact) mass is 311 g/mol. The highest BCUT2D eigenvalue weighted by Crippen LogP contribution is 2.48. The van der Waals surface area contributed by atoms with Crippen molar-refractivity contribution in [2.75, 3.05) is 0 Å². The van der Waals surface area contributed by atoms with Gasteiger partial charge in [-0.1, -0.05) is 49.4 Å². The van der Waals surface area contributed by atoms with Crippen molar-refractivity contribution in [3.05, 3.63) is 33.8 Å². The van der Waals surface area contributed by atoms with Crippen LogP contribution in [0, 0.1) is 22.7 Å². The summed E-state index contributed by atoms with van der Waals surface area (Å²) in [6.45, 7) is 2.14. The van der Waals surface area contributed by atoms with E-state index in [1.807, 2.05) is 0 Å². The van der Waals surface area contributed by atoms with Gasteiger partial charge in [0, 0.05) is 10.0 Å². The summed E-state index contributed by atoms with van der Waals surface area (Å²) < 4.78 is 0. The van der Waals surface area contributed by atoms with Gasteiger partial charge in [-0.3, -0.25) is 0 Å². The molecule has 0 aromatic heterocycles. The molecule has 2 rings (SSSR count). The largest absolute Gasteiger partial charge is 0.387 e. The van der Waals surface area contributed by atoms with Gasteiger partial charge in [-0.25, -0.2) is 0 Å². The van der Waals surface area contributed by atoms with E-state index in [2.05, 4.69) is 13.0 Å². The minimum Gasteiger partial charge on any atom is -0.387 e. The molecule has 1 N–H and O–H groups in total. The van der Waals surface area contributed by atoms with Gasteiger partial charge in [0.15, 0.2) is 0 Å². The van der Waals surface area contributed by atoms with Gasteiger partial charge in [0.2, 0.25) is 0 Å². The minimum absolute atomic E-state index is 0.488. The van der Waals surface area contributed by atoms with Crippen LogP contribution >= 0.6 is 23.2 Å². The number of aliphatic hydroxyl groups excluding tert-OH is 1. The molecule has 0 aliphatic heterocycles. The SMILES string of the molecule is CCC1CCCC(C#N)(C(O)c2cc(Cl)cc(Cl)c2)C1. The van der Waals surface area contributed by atoms with E-state index in [1.54, 1.807) is 18.2 Å². The Kier molecular flexibility index (Phi) is 4.96. The molecule has 1 aliphatic rings. The Morgan fingerprint density at radius 1 is 1.40 bits per heavy atom. The third-order valence-corrected chi connectivity index (χ3v) is 4.85. The highest BCUT2D eigenvalue weighted by Gasteiger charge is 2.43.